The largest absolute Gasteiger partial charge is 0.412 e. The van der Waals surface area contributed by atoms with E-state index in [2.05, 4.69) is 42.5 Å². The van der Waals surface area contributed by atoms with Crippen LogP contribution in [0.4, 0.5) is 55.2 Å². The van der Waals surface area contributed by atoms with Crippen molar-refractivity contribution in [2.24, 2.45) is 11.7 Å². The minimum atomic E-state index is -0.868. The summed E-state index contributed by atoms with van der Waals surface area (Å²) < 4.78 is 81.7. The fourth-order valence-electron chi connectivity index (χ4n) is 3.43. The second kappa shape index (κ2) is 14.8. The van der Waals surface area contributed by atoms with Gasteiger partial charge in [0.25, 0.3) is 0 Å². The van der Waals surface area contributed by atoms with Crippen LogP contribution in [0.3, 0.4) is 0 Å². The number of H-pyrrole nitrogens is 1. The number of hydrogen-bond acceptors (Lipinski definition) is 9. The summed E-state index contributed by atoms with van der Waals surface area (Å²) in [5, 5.41) is 19.9. The van der Waals surface area contributed by atoms with Crippen LogP contribution in [0.15, 0.2) is 36.4 Å². The molecular weight excluding hydrogens is 618 g/mol. The molecule has 0 aliphatic carbocycles. The van der Waals surface area contributed by atoms with Crippen LogP contribution in [-0.2, 0) is 0 Å². The van der Waals surface area contributed by atoms with Crippen molar-refractivity contribution in [3.63, 3.8) is 0 Å². The highest BCUT2D eigenvalue weighted by atomic mass is 35.5. The summed E-state index contributed by atoms with van der Waals surface area (Å²) in [5.41, 5.74) is 5.03. The van der Waals surface area contributed by atoms with Crippen molar-refractivity contribution >= 4 is 51.5 Å². The number of hydrazine groups is 1. The van der Waals surface area contributed by atoms with E-state index in [1.54, 1.807) is 6.07 Å². The van der Waals surface area contributed by atoms with Gasteiger partial charge in [-0.05, 0) is 50.2 Å². The smallest absolute Gasteiger partial charge is 0.185 e. The molecule has 0 aliphatic heterocycles. The van der Waals surface area contributed by atoms with Gasteiger partial charge >= 0.3 is 0 Å². The third-order valence-electron chi connectivity index (χ3n) is 5.72. The Kier molecular flexibility index (Phi) is 11.8. The molecule has 0 bridgehead atoms. The first-order valence-corrected chi connectivity index (χ1v) is 12.1. The fourth-order valence-corrected chi connectivity index (χ4v) is 3.61. The maximum absolute atomic E-state index is 14.0. The van der Waals surface area contributed by atoms with Gasteiger partial charge in [-0.15, -0.1) is 0 Å². The first-order valence-electron chi connectivity index (χ1n) is 11.7. The number of hydrogen-bond donors (Lipinski definition) is 6. The molecule has 44 heavy (non-hydrogen) atoms. The molecule has 3 heterocycles. The predicted molar refractivity (Wildman–Crippen MR) is 153 cm³/mol. The Morgan fingerprint density at radius 1 is 0.795 bits per heavy atom. The number of rotatable bonds is 4. The zero-order chi connectivity index (χ0) is 32.0. The van der Waals surface area contributed by atoms with E-state index in [1.807, 2.05) is 0 Å². The van der Waals surface area contributed by atoms with Crippen LogP contribution in [0.5, 0.6) is 0 Å². The molecule has 0 saturated heterocycles. The van der Waals surface area contributed by atoms with E-state index < -0.39 is 34.9 Å². The van der Waals surface area contributed by atoms with Gasteiger partial charge in [0.05, 0.1) is 22.3 Å². The van der Waals surface area contributed by atoms with E-state index in [9.17, 15) is 26.3 Å². The molecule has 5 aromatic rings. The summed E-state index contributed by atoms with van der Waals surface area (Å²) in [6.45, 7) is 2.54. The summed E-state index contributed by atoms with van der Waals surface area (Å²) in [6.07, 6.45) is 0. The van der Waals surface area contributed by atoms with Crippen LogP contribution < -0.4 is 28.1 Å². The molecule has 5 rings (SSSR count). The van der Waals surface area contributed by atoms with E-state index >= 15 is 0 Å². The number of nitrogens with one attached hydrogen (secondary N) is 3. The number of halogens is 7. The quantitative estimate of drug-likeness (QED) is 0.0668. The average molecular weight is 641 g/mol. The molecule has 2 aromatic carbocycles. The summed E-state index contributed by atoms with van der Waals surface area (Å²) in [5.74, 6) is 2.97. The Labute approximate surface area is 249 Å². The molecule has 0 radical (unpaired) electrons. The minimum absolute atomic E-state index is 0. The second-order valence-electron chi connectivity index (χ2n) is 8.41. The molecule has 0 amide bonds. The highest BCUT2D eigenvalue weighted by molar-refractivity contribution is 6.30. The lowest BCUT2D eigenvalue weighted by Crippen LogP contribution is -2.02. The monoisotopic (exact) mass is 640 g/mol. The lowest BCUT2D eigenvalue weighted by molar-refractivity contribution is 0.569. The Morgan fingerprint density at radius 2 is 1.27 bits per heavy atom. The number of anilines is 5. The van der Waals surface area contributed by atoms with Gasteiger partial charge in [-0.2, -0.15) is 10.4 Å². The molecule has 3 aromatic heterocycles. The maximum atomic E-state index is 14.0. The third kappa shape index (κ3) is 7.43. The van der Waals surface area contributed by atoms with E-state index in [-0.39, 0.29) is 61.8 Å². The van der Waals surface area contributed by atoms with E-state index in [1.165, 1.54) is 19.9 Å². The normalized spacial score (nSPS) is 10.0. The SMILES string of the molecule is Cc1c(F)ccc(Nc2nc(Cl)c(C#N)cc2F)c1F.Cc1c(F)ccc(Nc2nc3n[nH]c(N)c3cc2F)c1F.NN.O. The van der Waals surface area contributed by atoms with E-state index in [0.29, 0.717) is 5.39 Å². The van der Waals surface area contributed by atoms with Gasteiger partial charge in [-0.3, -0.25) is 16.8 Å². The molecule has 0 saturated carbocycles. The van der Waals surface area contributed by atoms with Crippen LogP contribution >= 0.6 is 11.6 Å². The summed E-state index contributed by atoms with van der Waals surface area (Å²) in [4.78, 5) is 7.54. The fraction of sp³-hybridized carbons (Fsp3) is 0.0769. The number of nitriles is 1. The molecule has 0 fully saturated rings. The molecule has 232 valence electrons. The number of pyridine rings is 2. The Bertz CT molecular complexity index is 1850. The molecule has 18 heteroatoms. The van der Waals surface area contributed by atoms with E-state index in [4.69, 9.17) is 22.6 Å². The van der Waals surface area contributed by atoms with Crippen molar-refractivity contribution in [1.29, 1.82) is 5.26 Å². The second-order valence-corrected chi connectivity index (χ2v) is 8.77. The zero-order valence-electron chi connectivity index (χ0n) is 22.6. The molecule has 11 nitrogen and oxygen atoms in total. The third-order valence-corrected chi connectivity index (χ3v) is 6.01. The average Bonchev–Trinajstić information content (AvgIpc) is 3.35. The summed E-state index contributed by atoms with van der Waals surface area (Å²) in [6, 6.07) is 8.10. The number of nitrogens with two attached hydrogens (primary N) is 3. The summed E-state index contributed by atoms with van der Waals surface area (Å²) >= 11 is 5.67. The van der Waals surface area contributed by atoms with Crippen LogP contribution in [0.25, 0.3) is 11.0 Å². The van der Waals surface area contributed by atoms with Gasteiger partial charge in [0, 0.05) is 11.1 Å². The molecule has 0 aliphatic rings. The highest BCUT2D eigenvalue weighted by Crippen LogP contribution is 2.28. The van der Waals surface area contributed by atoms with Crippen LogP contribution in [-0.4, -0.2) is 25.6 Å². The van der Waals surface area contributed by atoms with Crippen molar-refractivity contribution in [2.75, 3.05) is 16.4 Å². The van der Waals surface area contributed by atoms with Crippen molar-refractivity contribution in [1.82, 2.24) is 20.2 Å². The van der Waals surface area contributed by atoms with Crippen LogP contribution in [0, 0.1) is 60.1 Å². The van der Waals surface area contributed by atoms with Gasteiger partial charge in [-0.25, -0.2) is 36.3 Å². The number of nitrogens with zero attached hydrogens (tertiary/aromatic N) is 4. The Hall–Kier alpha value is -5.15. The van der Waals surface area contributed by atoms with Crippen LogP contribution in [0.1, 0.15) is 16.7 Å². The van der Waals surface area contributed by atoms with Crippen LogP contribution in [0.2, 0.25) is 5.15 Å². The summed E-state index contributed by atoms with van der Waals surface area (Å²) in [7, 11) is 0. The van der Waals surface area contributed by atoms with Crippen molar-refractivity contribution in [3.8, 4) is 6.07 Å². The van der Waals surface area contributed by atoms with Crippen molar-refractivity contribution < 1.29 is 31.8 Å². The van der Waals surface area contributed by atoms with Gasteiger partial charge in [0.2, 0.25) is 0 Å². The van der Waals surface area contributed by atoms with Crippen molar-refractivity contribution in [3.05, 3.63) is 93.1 Å². The predicted octanol–water partition coefficient (Wildman–Crippen LogP) is 5.08. The first-order chi connectivity index (χ1) is 20.4. The number of nitrogen functional groups attached to an aromatic ring is 1. The molecular formula is C26H23ClF6N10O. The lowest BCUT2D eigenvalue weighted by Gasteiger charge is -2.10. The number of aromatic nitrogens is 4. The van der Waals surface area contributed by atoms with Gasteiger partial charge in [0.15, 0.2) is 40.6 Å². The number of fused-ring (bicyclic) bond motifs is 1. The Balaban J connectivity index is 0.000000285. The number of benzene rings is 2. The Morgan fingerprint density at radius 3 is 1.77 bits per heavy atom. The lowest BCUT2D eigenvalue weighted by atomic mass is 10.2. The zero-order valence-corrected chi connectivity index (χ0v) is 23.4. The minimum Gasteiger partial charge on any atom is -0.412 e. The topological polar surface area (TPSA) is 212 Å². The van der Waals surface area contributed by atoms with E-state index in [0.717, 1.165) is 30.3 Å². The standard InChI is InChI=1S/C13H7ClF3N3.C13H10F3N5.H4N2.H2O/c1-6-8(15)2-3-10(11(6)17)19-13-9(16)4-7(5-18)12(14)20-13;1-5-7(14)2-3-9(10(5)16)18-13-8(15)4-6-11(17)20-21-12(6)19-13;1-2;/h2-4H,1H3,(H,19,20);2-4H,1H3,(H4,17,18,19,20,21);1-2H2;1H2. The number of aromatic amines is 1. The molecule has 0 spiro atoms. The van der Waals surface area contributed by atoms with Gasteiger partial charge in [-0.1, -0.05) is 11.6 Å². The highest BCUT2D eigenvalue weighted by Gasteiger charge is 2.16. The van der Waals surface area contributed by atoms with Crippen molar-refractivity contribution in [2.45, 2.75) is 13.8 Å². The molecule has 0 atom stereocenters. The molecule has 0 unspecified atom stereocenters. The first kappa shape index (κ1) is 35.0. The van der Waals surface area contributed by atoms with Gasteiger partial charge < -0.3 is 21.8 Å². The maximum Gasteiger partial charge on any atom is 0.185 e. The molecule has 11 N–H and O–H groups in total. The van der Waals surface area contributed by atoms with Gasteiger partial charge in [0.1, 0.15) is 28.7 Å².